The summed E-state index contributed by atoms with van der Waals surface area (Å²) >= 11 is 0. The second-order valence-electron chi connectivity index (χ2n) is 7.68. The van der Waals surface area contributed by atoms with Gasteiger partial charge in [0, 0.05) is 37.7 Å². The number of halogens is 1. The van der Waals surface area contributed by atoms with Crippen LogP contribution >= 0.6 is 0 Å². The van der Waals surface area contributed by atoms with E-state index < -0.39 is 5.82 Å². The molecule has 1 amide bonds. The molecular formula is C23H25FN4O2. The second-order valence-corrected chi connectivity index (χ2v) is 7.68. The van der Waals surface area contributed by atoms with Crippen molar-refractivity contribution in [2.24, 2.45) is 7.05 Å². The highest BCUT2D eigenvalue weighted by molar-refractivity contribution is 5.80. The molecule has 4 rings (SSSR count). The molecule has 6 nitrogen and oxygen atoms in total. The van der Waals surface area contributed by atoms with E-state index in [1.54, 1.807) is 23.0 Å². The molecule has 2 aromatic heterocycles. The molecule has 3 aromatic rings. The van der Waals surface area contributed by atoms with Crippen LogP contribution in [-0.2, 0) is 18.3 Å². The van der Waals surface area contributed by atoms with Crippen LogP contribution in [0, 0.1) is 12.7 Å². The normalized spacial score (nSPS) is 16.1. The minimum Gasteiger partial charge on any atom is -0.494 e. The Balaban J connectivity index is 1.61. The summed E-state index contributed by atoms with van der Waals surface area (Å²) in [6.07, 6.45) is 7.53. The van der Waals surface area contributed by atoms with E-state index in [-0.39, 0.29) is 24.1 Å². The summed E-state index contributed by atoms with van der Waals surface area (Å²) in [4.78, 5) is 19.2. The largest absolute Gasteiger partial charge is 0.494 e. The summed E-state index contributed by atoms with van der Waals surface area (Å²) in [6.45, 7) is 2.70. The number of hydrogen-bond donors (Lipinski definition) is 0. The zero-order valence-corrected chi connectivity index (χ0v) is 17.4. The first-order valence-corrected chi connectivity index (χ1v) is 10.0. The number of amides is 1. The van der Waals surface area contributed by atoms with Crippen molar-refractivity contribution in [2.75, 3.05) is 13.7 Å². The first kappa shape index (κ1) is 20.1. The van der Waals surface area contributed by atoms with Crippen molar-refractivity contribution in [3.63, 3.8) is 0 Å². The van der Waals surface area contributed by atoms with E-state index in [1.165, 1.54) is 13.2 Å². The summed E-state index contributed by atoms with van der Waals surface area (Å²) in [6, 6.07) is 6.55. The van der Waals surface area contributed by atoms with E-state index in [9.17, 15) is 9.18 Å². The predicted molar refractivity (Wildman–Crippen MR) is 112 cm³/mol. The Hall–Kier alpha value is -3.22. The molecule has 1 atom stereocenters. The predicted octanol–water partition coefficient (Wildman–Crippen LogP) is 3.84. The number of hydrogen-bond acceptors (Lipinski definition) is 4. The summed E-state index contributed by atoms with van der Waals surface area (Å²) in [5, 5.41) is 4.71. The van der Waals surface area contributed by atoms with Crippen molar-refractivity contribution < 1.29 is 13.9 Å². The Morgan fingerprint density at radius 1 is 1.30 bits per heavy atom. The molecule has 156 valence electrons. The molecule has 30 heavy (non-hydrogen) atoms. The maximum Gasteiger partial charge on any atom is 0.227 e. The molecule has 0 saturated carbocycles. The lowest BCUT2D eigenvalue weighted by Gasteiger charge is -2.25. The van der Waals surface area contributed by atoms with Gasteiger partial charge in [-0.1, -0.05) is 6.07 Å². The lowest BCUT2D eigenvalue weighted by atomic mass is 9.98. The van der Waals surface area contributed by atoms with Crippen LogP contribution < -0.4 is 4.74 Å². The van der Waals surface area contributed by atoms with Gasteiger partial charge in [0.25, 0.3) is 0 Å². The van der Waals surface area contributed by atoms with E-state index in [2.05, 4.69) is 4.98 Å². The van der Waals surface area contributed by atoms with Crippen LogP contribution in [0.25, 0.3) is 11.1 Å². The average Bonchev–Trinajstić information content (AvgIpc) is 3.35. The van der Waals surface area contributed by atoms with Gasteiger partial charge in [0.1, 0.15) is 0 Å². The molecule has 1 fully saturated rings. The van der Waals surface area contributed by atoms with E-state index in [4.69, 9.17) is 9.84 Å². The number of nitrogens with zero attached hydrogens (tertiary/aromatic N) is 4. The maximum atomic E-state index is 14.0. The third-order valence-corrected chi connectivity index (χ3v) is 5.63. The number of aryl methyl sites for hydroxylation is 2. The van der Waals surface area contributed by atoms with Gasteiger partial charge in [-0.2, -0.15) is 5.10 Å². The molecule has 1 aliphatic heterocycles. The third-order valence-electron chi connectivity index (χ3n) is 5.63. The number of likely N-dealkylation sites (tertiary alicyclic amines) is 1. The first-order valence-electron chi connectivity index (χ1n) is 10.0. The molecule has 1 aromatic carbocycles. The molecule has 0 aliphatic carbocycles. The van der Waals surface area contributed by atoms with Gasteiger partial charge in [-0.25, -0.2) is 4.39 Å². The maximum absolute atomic E-state index is 14.0. The van der Waals surface area contributed by atoms with Crippen LogP contribution in [-0.4, -0.2) is 39.2 Å². The summed E-state index contributed by atoms with van der Waals surface area (Å²) < 4.78 is 20.8. The molecular weight excluding hydrogens is 383 g/mol. The lowest BCUT2D eigenvalue weighted by molar-refractivity contribution is -0.131. The van der Waals surface area contributed by atoms with Crippen LogP contribution in [0.2, 0.25) is 0 Å². The van der Waals surface area contributed by atoms with Crippen molar-refractivity contribution >= 4 is 5.91 Å². The number of carbonyl (C=O) groups is 1. The van der Waals surface area contributed by atoms with Gasteiger partial charge >= 0.3 is 0 Å². The van der Waals surface area contributed by atoms with Crippen LogP contribution in [0.15, 0.2) is 42.9 Å². The highest BCUT2D eigenvalue weighted by Crippen LogP contribution is 2.38. The van der Waals surface area contributed by atoms with Gasteiger partial charge in [-0.15, -0.1) is 0 Å². The second kappa shape index (κ2) is 8.26. The fourth-order valence-corrected chi connectivity index (χ4v) is 4.18. The van der Waals surface area contributed by atoms with Crippen molar-refractivity contribution in [2.45, 2.75) is 32.2 Å². The smallest absolute Gasteiger partial charge is 0.227 e. The zero-order valence-electron chi connectivity index (χ0n) is 17.4. The Kier molecular flexibility index (Phi) is 5.53. The molecule has 7 heteroatoms. The standard InChI is InChI=1S/C23H25FN4O2/c1-15-13-25-9-8-17(15)18-14-27(2)26-23(18)20-5-4-10-28(20)22(29)12-16-6-7-21(30-3)19(24)11-16/h6-9,11,13-14,20H,4-5,10,12H2,1-3H3/t20-/m1/s1. The quantitative estimate of drug-likeness (QED) is 0.644. The van der Waals surface area contributed by atoms with Gasteiger partial charge < -0.3 is 9.64 Å². The molecule has 0 bridgehead atoms. The average molecular weight is 408 g/mol. The highest BCUT2D eigenvalue weighted by atomic mass is 19.1. The Bertz CT molecular complexity index is 1080. The number of pyridine rings is 1. The van der Waals surface area contributed by atoms with Gasteiger partial charge in [-0.05, 0) is 54.7 Å². The molecule has 0 spiro atoms. The minimum absolute atomic E-state index is 0.0230. The monoisotopic (exact) mass is 408 g/mol. The van der Waals surface area contributed by atoms with Gasteiger partial charge in [0.05, 0.1) is 25.3 Å². The Morgan fingerprint density at radius 2 is 2.13 bits per heavy atom. The molecule has 1 aliphatic rings. The summed E-state index contributed by atoms with van der Waals surface area (Å²) in [7, 11) is 3.32. The molecule has 1 saturated heterocycles. The molecule has 0 N–H and O–H groups in total. The fraction of sp³-hybridized carbons (Fsp3) is 0.348. The first-order chi connectivity index (χ1) is 14.5. The number of benzene rings is 1. The molecule has 0 unspecified atom stereocenters. The van der Waals surface area contributed by atoms with Gasteiger partial charge in [0.2, 0.25) is 5.91 Å². The van der Waals surface area contributed by atoms with E-state index in [0.29, 0.717) is 12.1 Å². The van der Waals surface area contributed by atoms with Crippen LogP contribution in [0.5, 0.6) is 5.75 Å². The summed E-state index contributed by atoms with van der Waals surface area (Å²) in [5.41, 5.74) is 4.70. The highest BCUT2D eigenvalue weighted by Gasteiger charge is 2.33. The summed E-state index contributed by atoms with van der Waals surface area (Å²) in [5.74, 6) is -0.304. The SMILES string of the molecule is COc1ccc(CC(=O)N2CCC[C@@H]2c2nn(C)cc2-c2ccncc2C)cc1F. The number of aromatic nitrogens is 3. The van der Waals surface area contributed by atoms with Crippen LogP contribution in [0.4, 0.5) is 4.39 Å². The van der Waals surface area contributed by atoms with Gasteiger partial charge in [0.15, 0.2) is 11.6 Å². The topological polar surface area (TPSA) is 60.2 Å². The third kappa shape index (κ3) is 3.79. The van der Waals surface area contributed by atoms with Crippen molar-refractivity contribution in [1.82, 2.24) is 19.7 Å². The van der Waals surface area contributed by atoms with E-state index in [1.807, 2.05) is 37.3 Å². The van der Waals surface area contributed by atoms with Crippen molar-refractivity contribution in [3.05, 3.63) is 65.5 Å². The molecule has 3 heterocycles. The Morgan fingerprint density at radius 3 is 2.87 bits per heavy atom. The van der Waals surface area contributed by atoms with Crippen molar-refractivity contribution in [1.29, 1.82) is 0 Å². The van der Waals surface area contributed by atoms with Gasteiger partial charge in [-0.3, -0.25) is 14.5 Å². The fourth-order valence-electron chi connectivity index (χ4n) is 4.18. The van der Waals surface area contributed by atoms with Crippen LogP contribution in [0.3, 0.4) is 0 Å². The number of ether oxygens (including phenoxy) is 1. The lowest BCUT2D eigenvalue weighted by Crippen LogP contribution is -2.32. The Labute approximate surface area is 175 Å². The number of carbonyl (C=O) groups excluding carboxylic acids is 1. The van der Waals surface area contributed by atoms with E-state index >= 15 is 0 Å². The minimum atomic E-state index is -0.457. The number of rotatable bonds is 5. The zero-order chi connectivity index (χ0) is 21.3. The molecule has 0 radical (unpaired) electrons. The van der Waals surface area contributed by atoms with Crippen molar-refractivity contribution in [3.8, 4) is 16.9 Å². The van der Waals surface area contributed by atoms with Crippen LogP contribution in [0.1, 0.15) is 35.7 Å². The number of methoxy groups -OCH3 is 1. The van der Waals surface area contributed by atoms with E-state index in [0.717, 1.165) is 35.2 Å².